The average molecular weight is 498 g/mol. The van der Waals surface area contributed by atoms with Crippen LogP contribution in [-0.4, -0.2) is 52.9 Å². The summed E-state index contributed by atoms with van der Waals surface area (Å²) in [5.41, 5.74) is 3.75. The van der Waals surface area contributed by atoms with E-state index in [9.17, 15) is 9.59 Å². The Morgan fingerprint density at radius 3 is 2.22 bits per heavy atom. The number of para-hydroxylation sites is 1. The lowest BCUT2D eigenvalue weighted by Crippen LogP contribution is -2.28. The highest BCUT2D eigenvalue weighted by Crippen LogP contribution is 2.25. The highest BCUT2D eigenvalue weighted by molar-refractivity contribution is 5.96. The van der Waals surface area contributed by atoms with E-state index in [0.717, 1.165) is 27.6 Å². The van der Waals surface area contributed by atoms with E-state index in [1.54, 1.807) is 6.08 Å². The fourth-order valence-corrected chi connectivity index (χ4v) is 3.82. The van der Waals surface area contributed by atoms with Crippen molar-refractivity contribution >= 4 is 40.4 Å². The Bertz CT molecular complexity index is 1400. The molecule has 0 atom stereocenters. The van der Waals surface area contributed by atoms with E-state index in [2.05, 4.69) is 26.3 Å². The summed E-state index contributed by atoms with van der Waals surface area (Å²) in [7, 11) is 0. The molecular formula is C28H31N7O2. The van der Waals surface area contributed by atoms with E-state index in [0.29, 0.717) is 43.6 Å². The number of anilines is 2. The fourth-order valence-electron chi connectivity index (χ4n) is 3.82. The first-order chi connectivity index (χ1) is 18.0. The first-order valence-electron chi connectivity index (χ1n) is 12.2. The van der Waals surface area contributed by atoms with E-state index in [4.69, 9.17) is 9.97 Å². The number of nitrogens with zero attached hydrogens (tertiary/aromatic N) is 2. The van der Waals surface area contributed by atoms with Crippen LogP contribution in [0.1, 0.15) is 18.1 Å². The van der Waals surface area contributed by atoms with E-state index in [-0.39, 0.29) is 11.8 Å². The van der Waals surface area contributed by atoms with E-state index in [1.165, 1.54) is 13.0 Å². The molecule has 0 bridgehead atoms. The lowest BCUT2D eigenvalue weighted by molar-refractivity contribution is -0.119. The number of rotatable bonds is 11. The monoisotopic (exact) mass is 497 g/mol. The molecule has 0 aliphatic heterocycles. The van der Waals surface area contributed by atoms with Crippen molar-refractivity contribution in [2.24, 2.45) is 0 Å². The number of H-pyrrole nitrogens is 1. The number of hydrogen-bond donors (Lipinski definition) is 5. The molecule has 0 fully saturated rings. The van der Waals surface area contributed by atoms with Crippen molar-refractivity contribution in [2.45, 2.75) is 13.8 Å². The summed E-state index contributed by atoms with van der Waals surface area (Å²) >= 11 is 0. The Labute approximate surface area is 215 Å². The summed E-state index contributed by atoms with van der Waals surface area (Å²) in [6, 6.07) is 17.7. The number of carbonyl (C=O) groups excluding carboxylic acids is 2. The van der Waals surface area contributed by atoms with Crippen LogP contribution in [0, 0.1) is 6.92 Å². The van der Waals surface area contributed by atoms with Crippen molar-refractivity contribution in [3.05, 3.63) is 78.0 Å². The predicted octanol–water partition coefficient (Wildman–Crippen LogP) is 3.72. The van der Waals surface area contributed by atoms with Gasteiger partial charge >= 0.3 is 0 Å². The highest BCUT2D eigenvalue weighted by Gasteiger charge is 2.12. The molecule has 2 aromatic heterocycles. The molecule has 0 saturated carbocycles. The Morgan fingerprint density at radius 2 is 1.51 bits per heavy atom. The van der Waals surface area contributed by atoms with E-state index >= 15 is 0 Å². The zero-order valence-electron chi connectivity index (χ0n) is 21.0. The maximum atomic E-state index is 12.3. The number of amides is 2. The Kier molecular flexibility index (Phi) is 8.49. The van der Waals surface area contributed by atoms with Gasteiger partial charge in [-0.25, -0.2) is 9.97 Å². The largest absolute Gasteiger partial charge is 0.368 e. The second kappa shape index (κ2) is 12.3. The van der Waals surface area contributed by atoms with Gasteiger partial charge in [0.1, 0.15) is 11.6 Å². The van der Waals surface area contributed by atoms with Crippen LogP contribution in [0.2, 0.25) is 0 Å². The fraction of sp³-hybridized carbons (Fsp3) is 0.214. The lowest BCUT2D eigenvalue weighted by Gasteiger charge is -2.15. The summed E-state index contributed by atoms with van der Waals surface area (Å²) in [5, 5.41) is 13.3. The van der Waals surface area contributed by atoms with Crippen LogP contribution in [0.25, 0.3) is 28.4 Å². The van der Waals surface area contributed by atoms with Gasteiger partial charge < -0.3 is 26.3 Å². The Morgan fingerprint density at radius 1 is 0.865 bits per heavy atom. The van der Waals surface area contributed by atoms with Gasteiger partial charge in [-0.05, 0) is 24.6 Å². The van der Waals surface area contributed by atoms with Crippen LogP contribution in [0.15, 0.2) is 66.9 Å². The zero-order valence-corrected chi connectivity index (χ0v) is 21.0. The van der Waals surface area contributed by atoms with Crippen LogP contribution in [0.3, 0.4) is 0 Å². The minimum Gasteiger partial charge on any atom is -0.368 e. The lowest BCUT2D eigenvalue weighted by atomic mass is 10.1. The second-order valence-electron chi connectivity index (χ2n) is 8.49. The third-order valence-electron chi connectivity index (χ3n) is 5.72. The molecule has 0 spiro atoms. The molecule has 4 rings (SSSR count). The zero-order chi connectivity index (χ0) is 26.0. The number of fused-ring (bicyclic) bond motifs is 1. The van der Waals surface area contributed by atoms with Crippen molar-refractivity contribution in [1.82, 2.24) is 25.6 Å². The number of aromatic nitrogens is 3. The number of nitrogens with one attached hydrogen (secondary N) is 5. The van der Waals surface area contributed by atoms with Crippen molar-refractivity contribution in [3.8, 4) is 11.4 Å². The molecule has 37 heavy (non-hydrogen) atoms. The minimum absolute atomic E-state index is 0.0770. The molecule has 2 heterocycles. The van der Waals surface area contributed by atoms with Crippen molar-refractivity contribution in [3.63, 3.8) is 0 Å². The Hall–Kier alpha value is -4.66. The van der Waals surface area contributed by atoms with Crippen LogP contribution < -0.4 is 21.3 Å². The summed E-state index contributed by atoms with van der Waals surface area (Å²) in [6.07, 6.45) is 5.23. The molecular weight excluding hydrogens is 466 g/mol. The van der Waals surface area contributed by atoms with Gasteiger partial charge in [0.05, 0.1) is 0 Å². The standard InChI is InChI=1S/C28H31N7O2/c1-19-26(31-16-14-29-20(2)36)34-28(21-8-4-3-5-9-21)35-27(19)32-17-15-30-25(37)13-12-22-18-33-24-11-7-6-10-23(22)24/h3-13,18,33H,14-17H2,1-2H3,(H,29,36)(H,30,37)(H2,31,32,34,35). The smallest absolute Gasteiger partial charge is 0.244 e. The van der Waals surface area contributed by atoms with Crippen LogP contribution in [0.4, 0.5) is 11.6 Å². The summed E-state index contributed by atoms with van der Waals surface area (Å²) in [6.45, 7) is 5.35. The van der Waals surface area contributed by atoms with Crippen molar-refractivity contribution < 1.29 is 9.59 Å². The first kappa shape index (κ1) is 25.4. The maximum Gasteiger partial charge on any atom is 0.244 e. The third-order valence-corrected chi connectivity index (χ3v) is 5.72. The molecule has 2 amide bonds. The molecule has 9 nitrogen and oxygen atoms in total. The van der Waals surface area contributed by atoms with Crippen LogP contribution in [0.5, 0.6) is 0 Å². The molecule has 4 aromatic rings. The molecule has 0 radical (unpaired) electrons. The average Bonchev–Trinajstić information content (AvgIpc) is 3.33. The number of hydrogen-bond acceptors (Lipinski definition) is 6. The summed E-state index contributed by atoms with van der Waals surface area (Å²) < 4.78 is 0. The van der Waals surface area contributed by atoms with Gasteiger partial charge in [0.15, 0.2) is 5.82 Å². The van der Waals surface area contributed by atoms with Crippen molar-refractivity contribution in [1.29, 1.82) is 0 Å². The SMILES string of the molecule is CC(=O)NCCNc1nc(-c2ccccc2)nc(NCCNC(=O)C=Cc2c[nH]c3ccccc23)c1C. The minimum atomic E-state index is -0.170. The number of aromatic amines is 1. The number of benzene rings is 2. The van der Waals surface area contributed by atoms with Gasteiger partial charge in [0.25, 0.3) is 0 Å². The highest BCUT2D eigenvalue weighted by atomic mass is 16.2. The molecule has 0 aliphatic carbocycles. The van der Waals surface area contributed by atoms with Gasteiger partial charge in [0.2, 0.25) is 11.8 Å². The molecule has 5 N–H and O–H groups in total. The van der Waals surface area contributed by atoms with Gasteiger partial charge in [-0.2, -0.15) is 0 Å². The molecule has 190 valence electrons. The van der Waals surface area contributed by atoms with Crippen LogP contribution in [-0.2, 0) is 9.59 Å². The molecule has 9 heteroatoms. The van der Waals surface area contributed by atoms with Crippen molar-refractivity contribution in [2.75, 3.05) is 36.8 Å². The van der Waals surface area contributed by atoms with Gasteiger partial charge in [-0.1, -0.05) is 48.5 Å². The first-order valence-corrected chi connectivity index (χ1v) is 12.2. The maximum absolute atomic E-state index is 12.3. The number of carbonyl (C=O) groups is 2. The van der Waals surface area contributed by atoms with E-state index < -0.39 is 0 Å². The topological polar surface area (TPSA) is 124 Å². The van der Waals surface area contributed by atoms with E-state index in [1.807, 2.05) is 67.7 Å². The summed E-state index contributed by atoms with van der Waals surface area (Å²) in [4.78, 5) is 36.1. The summed E-state index contributed by atoms with van der Waals surface area (Å²) in [5.74, 6) is 1.71. The Balaban J connectivity index is 1.37. The van der Waals surface area contributed by atoms with Gasteiger partial charge in [0, 0.05) is 67.4 Å². The second-order valence-corrected chi connectivity index (χ2v) is 8.49. The molecule has 0 unspecified atom stereocenters. The quantitative estimate of drug-likeness (QED) is 0.159. The molecule has 0 aliphatic rings. The predicted molar refractivity (Wildman–Crippen MR) is 148 cm³/mol. The molecule has 2 aromatic carbocycles. The normalized spacial score (nSPS) is 11.0. The van der Waals surface area contributed by atoms with Gasteiger partial charge in [-0.3, -0.25) is 9.59 Å². The van der Waals surface area contributed by atoms with Crippen LogP contribution >= 0.6 is 0 Å². The third kappa shape index (κ3) is 6.94. The van der Waals surface area contributed by atoms with Gasteiger partial charge in [-0.15, -0.1) is 0 Å². The molecule has 0 saturated heterocycles.